The fourth-order valence-corrected chi connectivity index (χ4v) is 4.54. The molecule has 2 aromatic rings. The lowest BCUT2D eigenvalue weighted by molar-refractivity contribution is 0.00664. The van der Waals surface area contributed by atoms with Crippen molar-refractivity contribution in [3.05, 3.63) is 71.8 Å². The van der Waals surface area contributed by atoms with Gasteiger partial charge >= 0.3 is 0 Å². The van der Waals surface area contributed by atoms with E-state index in [4.69, 9.17) is 17.0 Å². The Hall–Kier alpha value is -1.75. The van der Waals surface area contributed by atoms with Gasteiger partial charge in [-0.2, -0.15) is 0 Å². The van der Waals surface area contributed by atoms with Crippen LogP contribution in [0.5, 0.6) is 0 Å². The summed E-state index contributed by atoms with van der Waals surface area (Å²) < 4.78 is 5.54. The van der Waals surface area contributed by atoms with Crippen molar-refractivity contribution in [1.82, 2.24) is 9.80 Å². The van der Waals surface area contributed by atoms with Gasteiger partial charge in [0.05, 0.1) is 24.2 Å². The van der Waals surface area contributed by atoms with E-state index in [0.29, 0.717) is 12.1 Å². The van der Waals surface area contributed by atoms with E-state index in [1.165, 1.54) is 11.1 Å². The average Bonchev–Trinajstić information content (AvgIpc) is 2.71. The van der Waals surface area contributed by atoms with Crippen LogP contribution in [0.1, 0.15) is 30.0 Å². The molecule has 0 spiro atoms. The van der Waals surface area contributed by atoms with Crippen molar-refractivity contribution in [2.75, 3.05) is 26.3 Å². The van der Waals surface area contributed by atoms with E-state index in [1.54, 1.807) is 0 Å². The van der Waals surface area contributed by atoms with Gasteiger partial charge in [0.2, 0.25) is 0 Å². The molecule has 0 aliphatic carbocycles. The number of thiocarbonyl (C=S) groups is 1. The van der Waals surface area contributed by atoms with Gasteiger partial charge in [-0.15, -0.1) is 0 Å². The minimum atomic E-state index is 0.338. The van der Waals surface area contributed by atoms with Gasteiger partial charge < -0.3 is 9.64 Å². The molecule has 2 atom stereocenters. The number of likely N-dealkylation sites (tertiary alicyclic amines) is 1. The van der Waals surface area contributed by atoms with E-state index >= 15 is 0 Å². The maximum Gasteiger partial charge on any atom is 0.0803 e. The van der Waals surface area contributed by atoms with E-state index in [9.17, 15) is 0 Å². The van der Waals surface area contributed by atoms with Gasteiger partial charge in [0.15, 0.2) is 0 Å². The van der Waals surface area contributed by atoms with Gasteiger partial charge in [-0.1, -0.05) is 72.9 Å². The zero-order valence-corrected chi connectivity index (χ0v) is 15.9. The number of rotatable bonds is 4. The van der Waals surface area contributed by atoms with Crippen LogP contribution >= 0.6 is 12.2 Å². The SMILES string of the molecule is S=C1CC(N2CCOCC2)CC(c2ccccc2)N1Cc1ccccc1. The third-order valence-corrected chi connectivity index (χ3v) is 5.95. The van der Waals surface area contributed by atoms with E-state index in [0.717, 1.165) is 50.7 Å². The Labute approximate surface area is 161 Å². The minimum Gasteiger partial charge on any atom is -0.379 e. The zero-order chi connectivity index (χ0) is 17.8. The molecule has 0 radical (unpaired) electrons. The molecule has 2 heterocycles. The maximum atomic E-state index is 5.92. The summed E-state index contributed by atoms with van der Waals surface area (Å²) in [5, 5.41) is 0. The largest absolute Gasteiger partial charge is 0.379 e. The third-order valence-electron chi connectivity index (χ3n) is 5.54. The van der Waals surface area contributed by atoms with Crippen LogP contribution in [0.3, 0.4) is 0 Å². The van der Waals surface area contributed by atoms with E-state index in [2.05, 4.69) is 70.5 Å². The number of nitrogens with zero attached hydrogens (tertiary/aromatic N) is 2. The van der Waals surface area contributed by atoms with Crippen molar-refractivity contribution in [3.8, 4) is 0 Å². The van der Waals surface area contributed by atoms with Gasteiger partial charge in [-0.05, 0) is 17.5 Å². The molecule has 26 heavy (non-hydrogen) atoms. The summed E-state index contributed by atoms with van der Waals surface area (Å²) in [6.07, 6.45) is 2.10. The van der Waals surface area contributed by atoms with Gasteiger partial charge in [0.25, 0.3) is 0 Å². The Morgan fingerprint density at radius 3 is 2.27 bits per heavy atom. The third kappa shape index (κ3) is 3.98. The predicted molar refractivity (Wildman–Crippen MR) is 109 cm³/mol. The zero-order valence-electron chi connectivity index (χ0n) is 15.1. The van der Waals surface area contributed by atoms with Crippen molar-refractivity contribution in [3.63, 3.8) is 0 Å². The highest BCUT2D eigenvalue weighted by molar-refractivity contribution is 7.80. The number of ether oxygens (including phenoxy) is 1. The summed E-state index contributed by atoms with van der Waals surface area (Å²) in [5.74, 6) is 0. The quantitative estimate of drug-likeness (QED) is 0.758. The molecule has 4 heteroatoms. The lowest BCUT2D eigenvalue weighted by Gasteiger charge is -2.46. The van der Waals surface area contributed by atoms with E-state index in [1.807, 2.05) is 0 Å². The lowest BCUT2D eigenvalue weighted by Crippen LogP contribution is -2.51. The average molecular weight is 367 g/mol. The van der Waals surface area contributed by atoms with Crippen molar-refractivity contribution in [2.45, 2.75) is 31.5 Å². The van der Waals surface area contributed by atoms with Crippen LogP contribution in [0.15, 0.2) is 60.7 Å². The van der Waals surface area contributed by atoms with Crippen LogP contribution in [0.2, 0.25) is 0 Å². The molecule has 0 bridgehead atoms. The number of hydrogen-bond donors (Lipinski definition) is 0. The number of hydrogen-bond acceptors (Lipinski definition) is 3. The number of benzene rings is 2. The molecule has 2 aromatic carbocycles. The summed E-state index contributed by atoms with van der Waals surface area (Å²) in [6.45, 7) is 4.61. The molecule has 2 aliphatic rings. The van der Waals surface area contributed by atoms with E-state index in [-0.39, 0.29) is 0 Å². The van der Waals surface area contributed by atoms with Gasteiger partial charge in [-0.3, -0.25) is 4.90 Å². The topological polar surface area (TPSA) is 15.7 Å². The van der Waals surface area contributed by atoms with Crippen LogP contribution < -0.4 is 0 Å². The molecule has 2 saturated heterocycles. The summed E-state index contributed by atoms with van der Waals surface area (Å²) in [7, 11) is 0. The van der Waals surface area contributed by atoms with Crippen molar-refractivity contribution in [1.29, 1.82) is 0 Å². The molecule has 2 unspecified atom stereocenters. The highest BCUT2D eigenvalue weighted by atomic mass is 32.1. The molecular formula is C22H26N2OS. The minimum absolute atomic E-state index is 0.338. The van der Waals surface area contributed by atoms with Crippen LogP contribution in [-0.4, -0.2) is 47.1 Å². The molecule has 2 fully saturated rings. The van der Waals surface area contributed by atoms with Gasteiger partial charge in [-0.25, -0.2) is 0 Å². The van der Waals surface area contributed by atoms with Gasteiger partial charge in [0.1, 0.15) is 0 Å². The lowest BCUT2D eigenvalue weighted by atomic mass is 9.90. The Morgan fingerprint density at radius 2 is 1.58 bits per heavy atom. The number of morpholine rings is 1. The molecule has 136 valence electrons. The first-order chi connectivity index (χ1) is 12.8. The summed E-state index contributed by atoms with van der Waals surface area (Å²) in [5.41, 5.74) is 2.68. The van der Waals surface area contributed by atoms with Crippen LogP contribution in [0.25, 0.3) is 0 Å². The highest BCUT2D eigenvalue weighted by Crippen LogP contribution is 2.36. The predicted octanol–water partition coefficient (Wildman–Crippen LogP) is 4.05. The van der Waals surface area contributed by atoms with Gasteiger partial charge in [0, 0.05) is 32.1 Å². The summed E-state index contributed by atoms with van der Waals surface area (Å²) in [6, 6.07) is 22.4. The normalized spacial score (nSPS) is 24.6. The van der Waals surface area contributed by atoms with Crippen LogP contribution in [-0.2, 0) is 11.3 Å². The smallest absolute Gasteiger partial charge is 0.0803 e. The second-order valence-corrected chi connectivity index (χ2v) is 7.65. The first kappa shape index (κ1) is 17.7. The Balaban J connectivity index is 1.59. The first-order valence-electron chi connectivity index (χ1n) is 9.51. The van der Waals surface area contributed by atoms with Crippen LogP contribution in [0.4, 0.5) is 0 Å². The van der Waals surface area contributed by atoms with Crippen molar-refractivity contribution < 1.29 is 4.74 Å². The Morgan fingerprint density at radius 1 is 0.923 bits per heavy atom. The van der Waals surface area contributed by atoms with Crippen molar-refractivity contribution in [2.24, 2.45) is 0 Å². The Kier molecular flexibility index (Phi) is 5.63. The second kappa shape index (κ2) is 8.30. The molecule has 0 aromatic heterocycles. The molecule has 2 aliphatic heterocycles. The Bertz CT molecular complexity index is 715. The first-order valence-corrected chi connectivity index (χ1v) is 9.92. The summed E-state index contributed by atoms with van der Waals surface area (Å²) in [4.78, 5) is 6.10. The van der Waals surface area contributed by atoms with Crippen molar-refractivity contribution >= 4 is 17.2 Å². The standard InChI is InChI=1S/C22H26N2OS/c26-22-16-20(23-11-13-25-14-12-23)15-21(19-9-5-2-6-10-19)24(22)17-18-7-3-1-4-8-18/h1-10,20-21H,11-17H2. The van der Waals surface area contributed by atoms with E-state index < -0.39 is 0 Å². The molecule has 0 N–H and O–H groups in total. The molecular weight excluding hydrogens is 340 g/mol. The highest BCUT2D eigenvalue weighted by Gasteiger charge is 2.35. The fourth-order valence-electron chi connectivity index (χ4n) is 4.15. The number of piperidine rings is 1. The summed E-state index contributed by atoms with van der Waals surface area (Å²) >= 11 is 5.92. The monoisotopic (exact) mass is 366 g/mol. The molecule has 4 rings (SSSR count). The fraction of sp³-hybridized carbons (Fsp3) is 0.409. The second-order valence-electron chi connectivity index (χ2n) is 7.18. The molecule has 3 nitrogen and oxygen atoms in total. The molecule has 0 amide bonds. The molecule has 0 saturated carbocycles. The maximum absolute atomic E-state index is 5.92. The van der Waals surface area contributed by atoms with Crippen LogP contribution in [0, 0.1) is 0 Å².